The van der Waals surface area contributed by atoms with Gasteiger partial charge in [0.15, 0.2) is 6.61 Å². The van der Waals surface area contributed by atoms with Crippen LogP contribution >= 0.6 is 0 Å². The molecule has 0 heterocycles. The number of hydrogen-bond donors (Lipinski definition) is 1. The van der Waals surface area contributed by atoms with Crippen molar-refractivity contribution in [1.29, 1.82) is 0 Å². The Morgan fingerprint density at radius 3 is 2.33 bits per heavy atom. The predicted molar refractivity (Wildman–Crippen MR) is 101 cm³/mol. The van der Waals surface area contributed by atoms with E-state index >= 15 is 0 Å². The lowest BCUT2D eigenvalue weighted by Crippen LogP contribution is -2.19. The van der Waals surface area contributed by atoms with Crippen LogP contribution in [0.5, 0.6) is 11.5 Å². The van der Waals surface area contributed by atoms with Gasteiger partial charge in [0.05, 0.1) is 26.4 Å². The van der Waals surface area contributed by atoms with Crippen LogP contribution < -0.4 is 14.9 Å². The Hall–Kier alpha value is -3.35. The van der Waals surface area contributed by atoms with Crippen LogP contribution in [0.1, 0.15) is 18.1 Å². The molecule has 7 heteroatoms. The van der Waals surface area contributed by atoms with Crippen LogP contribution in [-0.4, -0.2) is 38.4 Å². The molecule has 0 aromatic heterocycles. The Bertz CT molecular complexity index is 770. The first kappa shape index (κ1) is 20.0. The fraction of sp³-hybridized carbons (Fsp3) is 0.250. The van der Waals surface area contributed by atoms with Crippen molar-refractivity contribution >= 4 is 18.1 Å². The summed E-state index contributed by atoms with van der Waals surface area (Å²) in [5.41, 5.74) is 4.13. The van der Waals surface area contributed by atoms with E-state index in [2.05, 4.69) is 10.5 Å². The van der Waals surface area contributed by atoms with Crippen molar-refractivity contribution in [2.24, 2.45) is 5.10 Å². The van der Waals surface area contributed by atoms with E-state index in [0.29, 0.717) is 12.4 Å². The number of nitrogens with zero attached hydrogens (tertiary/aromatic N) is 1. The monoisotopic (exact) mass is 370 g/mol. The summed E-state index contributed by atoms with van der Waals surface area (Å²) in [5, 5.41) is 3.94. The van der Waals surface area contributed by atoms with Crippen molar-refractivity contribution in [3.8, 4) is 11.5 Å². The molecule has 1 amide bonds. The number of benzene rings is 2. The summed E-state index contributed by atoms with van der Waals surface area (Å²) in [4.78, 5) is 23.1. The van der Waals surface area contributed by atoms with Crippen molar-refractivity contribution in [3.63, 3.8) is 0 Å². The van der Waals surface area contributed by atoms with E-state index in [1.807, 2.05) is 12.1 Å². The van der Waals surface area contributed by atoms with E-state index in [1.54, 1.807) is 50.4 Å². The summed E-state index contributed by atoms with van der Waals surface area (Å²) < 4.78 is 15.2. The molecule has 0 atom stereocenters. The molecule has 0 saturated heterocycles. The number of nitrogens with one attached hydrogen (secondary N) is 1. The topological polar surface area (TPSA) is 86.2 Å². The molecule has 0 fully saturated rings. The Balaban J connectivity index is 1.77. The lowest BCUT2D eigenvalue weighted by Gasteiger charge is -2.05. The van der Waals surface area contributed by atoms with E-state index in [0.717, 1.165) is 16.9 Å². The lowest BCUT2D eigenvalue weighted by molar-refractivity contribution is -0.145. The van der Waals surface area contributed by atoms with Crippen LogP contribution in [-0.2, 0) is 20.7 Å². The van der Waals surface area contributed by atoms with Crippen LogP contribution in [0.25, 0.3) is 0 Å². The highest BCUT2D eigenvalue weighted by Crippen LogP contribution is 2.12. The minimum absolute atomic E-state index is 0.136. The molecule has 0 aliphatic carbocycles. The van der Waals surface area contributed by atoms with E-state index in [-0.39, 0.29) is 18.9 Å². The van der Waals surface area contributed by atoms with E-state index in [4.69, 9.17) is 14.2 Å². The summed E-state index contributed by atoms with van der Waals surface area (Å²) in [6, 6.07) is 14.2. The number of hydrazone groups is 1. The number of ether oxygens (including phenoxy) is 3. The SMILES string of the molecule is CCOC(=O)COc1ccc(/C=N/NC(=O)Cc2ccc(OC)cc2)cc1. The predicted octanol–water partition coefficient (Wildman–Crippen LogP) is 2.33. The first-order valence-electron chi connectivity index (χ1n) is 8.44. The number of amides is 1. The minimum Gasteiger partial charge on any atom is -0.497 e. The molecule has 0 unspecified atom stereocenters. The molecule has 1 N–H and O–H groups in total. The Labute approximate surface area is 157 Å². The van der Waals surface area contributed by atoms with Gasteiger partial charge >= 0.3 is 5.97 Å². The van der Waals surface area contributed by atoms with Crippen LogP contribution in [0.4, 0.5) is 0 Å². The fourth-order valence-corrected chi connectivity index (χ4v) is 2.14. The second-order valence-electron chi connectivity index (χ2n) is 5.48. The molecule has 0 saturated carbocycles. The summed E-state index contributed by atoms with van der Waals surface area (Å²) in [6.07, 6.45) is 1.75. The number of hydrogen-bond acceptors (Lipinski definition) is 6. The first-order chi connectivity index (χ1) is 13.1. The Morgan fingerprint density at radius 1 is 1.04 bits per heavy atom. The summed E-state index contributed by atoms with van der Waals surface area (Å²) in [5.74, 6) is 0.657. The van der Waals surface area contributed by atoms with Gasteiger partial charge in [0.1, 0.15) is 11.5 Å². The molecule has 2 rings (SSSR count). The summed E-state index contributed by atoms with van der Waals surface area (Å²) in [6.45, 7) is 1.92. The van der Waals surface area contributed by atoms with Gasteiger partial charge in [-0.25, -0.2) is 10.2 Å². The van der Waals surface area contributed by atoms with Gasteiger partial charge in [-0.2, -0.15) is 5.10 Å². The normalized spacial score (nSPS) is 10.4. The molecule has 0 aliphatic rings. The molecular formula is C20H22N2O5. The molecule has 0 bridgehead atoms. The molecule has 7 nitrogen and oxygen atoms in total. The van der Waals surface area contributed by atoms with Gasteiger partial charge in [0, 0.05) is 0 Å². The van der Waals surface area contributed by atoms with E-state index < -0.39 is 5.97 Å². The number of esters is 1. The van der Waals surface area contributed by atoms with Crippen molar-refractivity contribution in [1.82, 2.24) is 5.43 Å². The maximum absolute atomic E-state index is 11.9. The zero-order chi connectivity index (χ0) is 19.5. The van der Waals surface area contributed by atoms with Gasteiger partial charge in [0.2, 0.25) is 5.91 Å². The zero-order valence-electron chi connectivity index (χ0n) is 15.3. The van der Waals surface area contributed by atoms with Gasteiger partial charge in [-0.3, -0.25) is 4.79 Å². The average Bonchev–Trinajstić information content (AvgIpc) is 2.68. The lowest BCUT2D eigenvalue weighted by atomic mass is 10.1. The van der Waals surface area contributed by atoms with Gasteiger partial charge in [-0.1, -0.05) is 12.1 Å². The standard InChI is InChI=1S/C20H22N2O5/c1-3-26-20(24)14-27-18-10-6-16(7-11-18)13-21-22-19(23)12-15-4-8-17(25-2)9-5-15/h4-11,13H,3,12,14H2,1-2H3,(H,22,23)/b21-13+. The smallest absolute Gasteiger partial charge is 0.344 e. The molecule has 0 radical (unpaired) electrons. The Kier molecular flexibility index (Phi) is 7.84. The molecule has 2 aromatic carbocycles. The van der Waals surface area contributed by atoms with Gasteiger partial charge in [0.25, 0.3) is 0 Å². The summed E-state index contributed by atoms with van der Waals surface area (Å²) in [7, 11) is 1.59. The van der Waals surface area contributed by atoms with E-state index in [1.165, 1.54) is 6.21 Å². The first-order valence-corrected chi connectivity index (χ1v) is 8.44. The molecule has 0 spiro atoms. The Morgan fingerprint density at radius 2 is 1.70 bits per heavy atom. The largest absolute Gasteiger partial charge is 0.497 e. The second-order valence-corrected chi connectivity index (χ2v) is 5.48. The third-order valence-corrected chi connectivity index (χ3v) is 3.47. The number of carbonyl (C=O) groups is 2. The zero-order valence-corrected chi connectivity index (χ0v) is 15.3. The van der Waals surface area contributed by atoms with Gasteiger partial charge in [-0.05, 0) is 54.4 Å². The highest BCUT2D eigenvalue weighted by Gasteiger charge is 2.04. The summed E-state index contributed by atoms with van der Waals surface area (Å²) >= 11 is 0. The second kappa shape index (κ2) is 10.6. The van der Waals surface area contributed by atoms with Crippen molar-refractivity contribution < 1.29 is 23.8 Å². The van der Waals surface area contributed by atoms with Gasteiger partial charge in [-0.15, -0.1) is 0 Å². The van der Waals surface area contributed by atoms with Crippen molar-refractivity contribution in [3.05, 3.63) is 59.7 Å². The van der Waals surface area contributed by atoms with E-state index in [9.17, 15) is 9.59 Å². The number of rotatable bonds is 9. The van der Waals surface area contributed by atoms with Crippen LogP contribution in [0.15, 0.2) is 53.6 Å². The third kappa shape index (κ3) is 7.19. The number of methoxy groups -OCH3 is 1. The molecule has 2 aromatic rings. The maximum Gasteiger partial charge on any atom is 0.344 e. The maximum atomic E-state index is 11.9. The quantitative estimate of drug-likeness (QED) is 0.416. The highest BCUT2D eigenvalue weighted by atomic mass is 16.6. The minimum atomic E-state index is -0.414. The van der Waals surface area contributed by atoms with Crippen molar-refractivity contribution in [2.45, 2.75) is 13.3 Å². The van der Waals surface area contributed by atoms with Crippen LogP contribution in [0.2, 0.25) is 0 Å². The van der Waals surface area contributed by atoms with Crippen LogP contribution in [0, 0.1) is 0 Å². The highest BCUT2D eigenvalue weighted by molar-refractivity contribution is 5.83. The average molecular weight is 370 g/mol. The molecule has 0 aliphatic heterocycles. The van der Waals surface area contributed by atoms with Crippen LogP contribution in [0.3, 0.4) is 0 Å². The van der Waals surface area contributed by atoms with Gasteiger partial charge < -0.3 is 14.2 Å². The fourth-order valence-electron chi connectivity index (χ4n) is 2.14. The molecular weight excluding hydrogens is 348 g/mol. The molecule has 27 heavy (non-hydrogen) atoms. The third-order valence-electron chi connectivity index (χ3n) is 3.47. The van der Waals surface area contributed by atoms with Crippen molar-refractivity contribution in [2.75, 3.05) is 20.3 Å². The number of carbonyl (C=O) groups excluding carboxylic acids is 2. The molecule has 142 valence electrons.